The largest absolute Gasteiger partial charge is 0.481 e. The van der Waals surface area contributed by atoms with E-state index in [9.17, 15) is 4.79 Å². The molecule has 0 bridgehead atoms. The van der Waals surface area contributed by atoms with Gasteiger partial charge in [0.1, 0.15) is 0 Å². The zero-order valence-corrected chi connectivity index (χ0v) is 21.9. The molecule has 3 aromatic rings. The van der Waals surface area contributed by atoms with Gasteiger partial charge in [-0.15, -0.1) is 11.3 Å². The summed E-state index contributed by atoms with van der Waals surface area (Å²) in [6.45, 7) is 10.5. The molecule has 0 aliphatic heterocycles. The number of benzene rings is 2. The van der Waals surface area contributed by atoms with Gasteiger partial charge in [-0.3, -0.25) is 4.79 Å². The molecule has 0 fully saturated rings. The molecule has 0 spiro atoms. The van der Waals surface area contributed by atoms with Crippen molar-refractivity contribution in [1.82, 2.24) is 4.98 Å². The average Bonchev–Trinajstić information content (AvgIpc) is 3.38. The number of carboxylic acids is 1. The van der Waals surface area contributed by atoms with E-state index in [-0.39, 0.29) is 6.42 Å². The molecule has 2 aromatic carbocycles. The summed E-state index contributed by atoms with van der Waals surface area (Å²) in [7, 11) is 0. The van der Waals surface area contributed by atoms with E-state index in [4.69, 9.17) is 10.1 Å². The van der Waals surface area contributed by atoms with Gasteiger partial charge in [-0.2, -0.15) is 0 Å². The minimum atomic E-state index is -0.769. The molecule has 188 valence electrons. The van der Waals surface area contributed by atoms with Crippen molar-refractivity contribution in [2.45, 2.75) is 46.2 Å². The molecule has 1 heterocycles. The van der Waals surface area contributed by atoms with E-state index in [2.05, 4.69) is 66.4 Å². The van der Waals surface area contributed by atoms with E-state index in [1.54, 1.807) is 17.4 Å². The van der Waals surface area contributed by atoms with Gasteiger partial charge in [0, 0.05) is 37.1 Å². The number of aryl methyl sites for hydroxylation is 1. The van der Waals surface area contributed by atoms with Gasteiger partial charge in [-0.1, -0.05) is 74.2 Å². The molecular formula is C30H35N3O2S. The highest BCUT2D eigenvalue weighted by Gasteiger charge is 2.12. The lowest BCUT2D eigenvalue weighted by atomic mass is 10.1. The topological polar surface area (TPSA) is 65.5 Å². The molecule has 0 saturated carbocycles. The number of hydrogen-bond donors (Lipinski definition) is 2. The number of hydrogen-bond acceptors (Lipinski definition) is 5. The van der Waals surface area contributed by atoms with Crippen LogP contribution in [0.25, 0.3) is 5.57 Å². The Hall–Kier alpha value is -3.64. The second-order valence-electron chi connectivity index (χ2n) is 8.67. The molecule has 0 saturated heterocycles. The van der Waals surface area contributed by atoms with Crippen molar-refractivity contribution >= 4 is 33.7 Å². The van der Waals surface area contributed by atoms with Crippen LogP contribution in [0.3, 0.4) is 0 Å². The number of nitrogens with zero attached hydrogens (tertiary/aromatic N) is 2. The van der Waals surface area contributed by atoms with Crippen molar-refractivity contribution in [2.24, 2.45) is 0 Å². The van der Waals surface area contributed by atoms with Crippen LogP contribution < -0.4 is 10.2 Å². The van der Waals surface area contributed by atoms with E-state index >= 15 is 0 Å². The maximum absolute atomic E-state index is 10.7. The third-order valence-corrected chi connectivity index (χ3v) is 6.63. The summed E-state index contributed by atoms with van der Waals surface area (Å²) in [4.78, 5) is 18.0. The van der Waals surface area contributed by atoms with Crippen molar-refractivity contribution in [2.75, 3.05) is 16.8 Å². The van der Waals surface area contributed by atoms with Crippen LogP contribution in [0.2, 0.25) is 0 Å². The van der Waals surface area contributed by atoms with Crippen LogP contribution in [-0.2, 0) is 24.3 Å². The van der Waals surface area contributed by atoms with E-state index < -0.39 is 5.97 Å². The number of carbonyl (C=O) groups is 1. The molecule has 2 N–H and O–H groups in total. The minimum absolute atomic E-state index is 0.156. The maximum Gasteiger partial charge on any atom is 0.303 e. The SMILES string of the molecule is C=C/C=C\C=C(/C)c1csc(N(CCC)Cc2ccc(CNc3ccc(CCC(=O)O)cc3)cc2)n1. The Kier molecular flexibility index (Phi) is 10.5. The third-order valence-electron chi connectivity index (χ3n) is 5.73. The van der Waals surface area contributed by atoms with Gasteiger partial charge in [-0.25, -0.2) is 4.98 Å². The Balaban J connectivity index is 1.57. The molecule has 6 heteroatoms. The Morgan fingerprint density at radius 3 is 2.44 bits per heavy atom. The van der Waals surface area contributed by atoms with Crippen molar-refractivity contribution < 1.29 is 9.90 Å². The summed E-state index contributed by atoms with van der Waals surface area (Å²) in [5.41, 5.74) is 6.68. The summed E-state index contributed by atoms with van der Waals surface area (Å²) in [6.07, 6.45) is 9.50. The van der Waals surface area contributed by atoms with Crippen LogP contribution in [0.1, 0.15) is 49.1 Å². The van der Waals surface area contributed by atoms with Crippen LogP contribution in [0.5, 0.6) is 0 Å². The Labute approximate surface area is 218 Å². The van der Waals surface area contributed by atoms with E-state index in [1.807, 2.05) is 36.4 Å². The second kappa shape index (κ2) is 14.0. The van der Waals surface area contributed by atoms with Gasteiger partial charge in [0.2, 0.25) is 0 Å². The summed E-state index contributed by atoms with van der Waals surface area (Å²) in [6, 6.07) is 16.7. The standard InChI is InChI=1S/C30H35N3O2S/c1-4-6-7-8-23(3)28-22-36-30(32-28)33(19-5-2)21-26-11-9-25(10-12-26)20-31-27-16-13-24(14-17-27)15-18-29(34)35/h4,6-14,16-17,22,31H,1,5,15,18-21H2,2-3H3,(H,34,35)/b7-6-,23-8+. The normalized spacial score (nSPS) is 11.6. The quantitative estimate of drug-likeness (QED) is 0.226. The zero-order chi connectivity index (χ0) is 25.8. The summed E-state index contributed by atoms with van der Waals surface area (Å²) >= 11 is 1.69. The van der Waals surface area contributed by atoms with Gasteiger partial charge < -0.3 is 15.3 Å². The van der Waals surface area contributed by atoms with Gasteiger partial charge in [0.05, 0.1) is 5.69 Å². The maximum atomic E-state index is 10.7. The summed E-state index contributed by atoms with van der Waals surface area (Å²) < 4.78 is 0. The van der Waals surface area contributed by atoms with E-state index in [0.717, 1.165) is 53.7 Å². The number of carboxylic acid groups (broad SMARTS) is 1. The van der Waals surface area contributed by atoms with Crippen molar-refractivity contribution in [3.63, 3.8) is 0 Å². The van der Waals surface area contributed by atoms with Crippen LogP contribution >= 0.6 is 11.3 Å². The molecule has 0 atom stereocenters. The fraction of sp³-hybridized carbons (Fsp3) is 0.267. The number of thiazole rings is 1. The number of allylic oxidation sites excluding steroid dienone is 5. The molecule has 0 aliphatic carbocycles. The van der Waals surface area contributed by atoms with Gasteiger partial charge in [-0.05, 0) is 54.2 Å². The molecule has 0 amide bonds. The fourth-order valence-electron chi connectivity index (χ4n) is 3.69. The van der Waals surface area contributed by atoms with Crippen molar-refractivity contribution in [3.05, 3.63) is 107 Å². The van der Waals surface area contributed by atoms with Crippen LogP contribution in [0, 0.1) is 0 Å². The lowest BCUT2D eigenvalue weighted by molar-refractivity contribution is -0.136. The highest BCUT2D eigenvalue weighted by molar-refractivity contribution is 7.13. The first-order chi connectivity index (χ1) is 17.5. The predicted octanol–water partition coefficient (Wildman–Crippen LogP) is 7.33. The summed E-state index contributed by atoms with van der Waals surface area (Å²) in [5, 5.41) is 15.4. The zero-order valence-electron chi connectivity index (χ0n) is 21.1. The molecule has 1 aromatic heterocycles. The molecule has 5 nitrogen and oxygen atoms in total. The fourth-order valence-corrected chi connectivity index (χ4v) is 4.61. The average molecular weight is 502 g/mol. The second-order valence-corrected chi connectivity index (χ2v) is 9.50. The van der Waals surface area contributed by atoms with Gasteiger partial charge >= 0.3 is 5.97 Å². The molecule has 0 radical (unpaired) electrons. The molecule has 3 rings (SSSR count). The van der Waals surface area contributed by atoms with E-state index in [0.29, 0.717) is 6.42 Å². The first kappa shape index (κ1) is 27.0. The van der Waals surface area contributed by atoms with Crippen LogP contribution in [0.4, 0.5) is 10.8 Å². The molecule has 0 aliphatic rings. The monoisotopic (exact) mass is 501 g/mol. The number of anilines is 2. The minimum Gasteiger partial charge on any atom is -0.481 e. The first-order valence-electron chi connectivity index (χ1n) is 12.3. The third kappa shape index (κ3) is 8.54. The predicted molar refractivity (Wildman–Crippen MR) is 153 cm³/mol. The highest BCUT2D eigenvalue weighted by Crippen LogP contribution is 2.26. The highest BCUT2D eigenvalue weighted by atomic mass is 32.1. The summed E-state index contributed by atoms with van der Waals surface area (Å²) in [5.74, 6) is -0.769. The van der Waals surface area contributed by atoms with Crippen LogP contribution in [0.15, 0.2) is 84.8 Å². The number of rotatable bonds is 14. The molecule has 36 heavy (non-hydrogen) atoms. The van der Waals surface area contributed by atoms with Gasteiger partial charge in [0.25, 0.3) is 0 Å². The number of aromatic nitrogens is 1. The van der Waals surface area contributed by atoms with Gasteiger partial charge in [0.15, 0.2) is 5.13 Å². The Morgan fingerprint density at radius 1 is 1.08 bits per heavy atom. The van der Waals surface area contributed by atoms with Crippen molar-refractivity contribution in [1.29, 1.82) is 0 Å². The molecular weight excluding hydrogens is 466 g/mol. The Morgan fingerprint density at radius 2 is 1.78 bits per heavy atom. The lowest BCUT2D eigenvalue weighted by Crippen LogP contribution is -2.23. The smallest absolute Gasteiger partial charge is 0.303 e. The van der Waals surface area contributed by atoms with E-state index in [1.165, 1.54) is 11.1 Å². The Bertz CT molecular complexity index is 1180. The van der Waals surface area contributed by atoms with Crippen LogP contribution in [-0.4, -0.2) is 22.6 Å². The molecule has 0 unspecified atom stereocenters. The lowest BCUT2D eigenvalue weighted by Gasteiger charge is -2.21. The van der Waals surface area contributed by atoms with Crippen molar-refractivity contribution in [3.8, 4) is 0 Å². The first-order valence-corrected chi connectivity index (χ1v) is 13.2. The number of nitrogens with one attached hydrogen (secondary N) is 1. The number of aliphatic carboxylic acids is 1.